The standard InChI is InChI=1S/C21H15F2N5O3/c22-11-5-6-16(14(23)7-11)28-19-13(9-25-28)21(8-18(30)26-19)12-3-1-2-4-15(12)27(20(21)31)10-17(24)29/h1-7,9H,8,10H2,(H2,24,29)(H,26,30). The maximum atomic E-state index is 14.4. The number of fused-ring (bicyclic) bond motifs is 4. The van der Waals surface area contributed by atoms with Crippen LogP contribution in [-0.2, 0) is 19.8 Å². The van der Waals surface area contributed by atoms with Crippen molar-refractivity contribution in [2.75, 3.05) is 16.8 Å². The fourth-order valence-corrected chi connectivity index (χ4v) is 4.40. The molecule has 0 bridgehead atoms. The summed E-state index contributed by atoms with van der Waals surface area (Å²) in [4.78, 5) is 39.2. The van der Waals surface area contributed by atoms with Gasteiger partial charge in [-0.3, -0.25) is 14.4 Å². The predicted molar refractivity (Wildman–Crippen MR) is 105 cm³/mol. The maximum Gasteiger partial charge on any atom is 0.243 e. The van der Waals surface area contributed by atoms with E-state index in [9.17, 15) is 23.2 Å². The van der Waals surface area contributed by atoms with Crippen molar-refractivity contribution < 1.29 is 23.2 Å². The molecule has 156 valence electrons. The number of nitrogens with zero attached hydrogens (tertiary/aromatic N) is 3. The van der Waals surface area contributed by atoms with Gasteiger partial charge in [0, 0.05) is 23.7 Å². The Morgan fingerprint density at radius 2 is 1.90 bits per heavy atom. The van der Waals surface area contributed by atoms with Crippen LogP contribution in [0.1, 0.15) is 17.5 Å². The van der Waals surface area contributed by atoms with Gasteiger partial charge in [0.25, 0.3) is 0 Å². The first-order valence-corrected chi connectivity index (χ1v) is 9.36. The number of rotatable bonds is 3. The highest BCUT2D eigenvalue weighted by Crippen LogP contribution is 2.52. The van der Waals surface area contributed by atoms with Crippen LogP contribution in [0.2, 0.25) is 0 Å². The van der Waals surface area contributed by atoms with E-state index in [1.54, 1.807) is 24.3 Å². The third-order valence-electron chi connectivity index (χ3n) is 5.63. The third kappa shape index (κ3) is 2.57. The monoisotopic (exact) mass is 423 g/mol. The Bertz CT molecular complexity index is 1290. The molecule has 2 aliphatic heterocycles. The molecule has 1 unspecified atom stereocenters. The number of halogens is 2. The second-order valence-electron chi connectivity index (χ2n) is 7.42. The van der Waals surface area contributed by atoms with Crippen LogP contribution in [0.3, 0.4) is 0 Å². The zero-order valence-electron chi connectivity index (χ0n) is 15.9. The summed E-state index contributed by atoms with van der Waals surface area (Å²) in [6.07, 6.45) is 1.16. The first-order chi connectivity index (χ1) is 14.8. The van der Waals surface area contributed by atoms with Crippen LogP contribution < -0.4 is 16.0 Å². The molecule has 1 atom stereocenters. The van der Waals surface area contributed by atoms with Gasteiger partial charge in [0.2, 0.25) is 17.7 Å². The molecule has 1 spiro atoms. The van der Waals surface area contributed by atoms with Crippen LogP contribution in [0.4, 0.5) is 20.3 Å². The highest BCUT2D eigenvalue weighted by molar-refractivity contribution is 6.17. The number of anilines is 2. The van der Waals surface area contributed by atoms with E-state index in [1.807, 2.05) is 0 Å². The van der Waals surface area contributed by atoms with Crippen LogP contribution in [-0.4, -0.2) is 34.0 Å². The number of amides is 3. The van der Waals surface area contributed by atoms with E-state index >= 15 is 0 Å². The lowest BCUT2D eigenvalue weighted by atomic mass is 9.72. The summed E-state index contributed by atoms with van der Waals surface area (Å²) in [6.45, 7) is -0.352. The second kappa shape index (κ2) is 6.46. The zero-order valence-corrected chi connectivity index (χ0v) is 15.9. The number of hydrogen-bond donors (Lipinski definition) is 2. The number of para-hydroxylation sites is 1. The van der Waals surface area contributed by atoms with Gasteiger partial charge in [-0.05, 0) is 23.8 Å². The van der Waals surface area contributed by atoms with Gasteiger partial charge in [0.1, 0.15) is 29.3 Å². The Labute approximate surface area is 174 Å². The number of nitrogens with two attached hydrogens (primary N) is 1. The molecule has 3 amide bonds. The summed E-state index contributed by atoms with van der Waals surface area (Å²) in [5.74, 6) is -3.22. The lowest BCUT2D eigenvalue weighted by Crippen LogP contribution is -2.48. The first kappa shape index (κ1) is 18.9. The van der Waals surface area contributed by atoms with E-state index in [-0.39, 0.29) is 24.5 Å². The fourth-order valence-electron chi connectivity index (χ4n) is 4.40. The molecule has 2 aromatic carbocycles. The van der Waals surface area contributed by atoms with Gasteiger partial charge in [-0.25, -0.2) is 13.5 Å². The van der Waals surface area contributed by atoms with Gasteiger partial charge in [0.05, 0.1) is 6.20 Å². The fraction of sp³-hybridized carbons (Fsp3) is 0.143. The van der Waals surface area contributed by atoms with Gasteiger partial charge >= 0.3 is 0 Å². The van der Waals surface area contributed by atoms with Crippen LogP contribution in [0.15, 0.2) is 48.7 Å². The highest BCUT2D eigenvalue weighted by atomic mass is 19.1. The van der Waals surface area contributed by atoms with Crippen molar-refractivity contribution in [3.05, 3.63) is 71.4 Å². The minimum absolute atomic E-state index is 0.0901. The van der Waals surface area contributed by atoms with E-state index in [0.29, 0.717) is 22.9 Å². The molecule has 0 aliphatic carbocycles. The molecule has 3 heterocycles. The lowest BCUT2D eigenvalue weighted by molar-refractivity contribution is -0.127. The number of aromatic nitrogens is 2. The molecular formula is C21H15F2N5O3. The minimum Gasteiger partial charge on any atom is -0.368 e. The highest BCUT2D eigenvalue weighted by Gasteiger charge is 2.57. The smallest absolute Gasteiger partial charge is 0.243 e. The molecule has 3 aromatic rings. The van der Waals surface area contributed by atoms with Gasteiger partial charge in [-0.15, -0.1) is 0 Å². The van der Waals surface area contributed by atoms with Gasteiger partial charge < -0.3 is 16.0 Å². The Hall–Kier alpha value is -4.08. The van der Waals surface area contributed by atoms with Crippen molar-refractivity contribution in [1.29, 1.82) is 0 Å². The molecule has 10 heteroatoms. The lowest BCUT2D eigenvalue weighted by Gasteiger charge is -2.32. The average Bonchev–Trinajstić information content (AvgIpc) is 3.22. The maximum absolute atomic E-state index is 14.4. The summed E-state index contributed by atoms with van der Waals surface area (Å²) < 4.78 is 28.9. The molecular weight excluding hydrogens is 408 g/mol. The largest absolute Gasteiger partial charge is 0.368 e. The molecule has 8 nitrogen and oxygen atoms in total. The van der Waals surface area contributed by atoms with Crippen molar-refractivity contribution in [1.82, 2.24) is 9.78 Å². The third-order valence-corrected chi connectivity index (χ3v) is 5.63. The Morgan fingerprint density at radius 3 is 2.65 bits per heavy atom. The molecule has 31 heavy (non-hydrogen) atoms. The summed E-state index contributed by atoms with van der Waals surface area (Å²) in [6, 6.07) is 9.76. The molecule has 2 aliphatic rings. The summed E-state index contributed by atoms with van der Waals surface area (Å²) in [5, 5.41) is 6.83. The molecule has 5 rings (SSSR count). The van der Waals surface area contributed by atoms with E-state index in [1.165, 1.54) is 17.2 Å². The molecule has 0 saturated carbocycles. The van der Waals surface area contributed by atoms with Crippen molar-refractivity contribution in [3.63, 3.8) is 0 Å². The SMILES string of the molecule is NC(=O)CN1C(=O)C2(CC(=O)Nc3c2cnn3-c2ccc(F)cc2F)c2ccccc21. The number of nitrogens with one attached hydrogen (secondary N) is 1. The molecule has 0 radical (unpaired) electrons. The normalized spacial score (nSPS) is 19.4. The van der Waals surface area contributed by atoms with E-state index in [0.717, 1.165) is 10.7 Å². The first-order valence-electron chi connectivity index (χ1n) is 9.36. The van der Waals surface area contributed by atoms with Crippen LogP contribution >= 0.6 is 0 Å². The molecule has 0 fully saturated rings. The van der Waals surface area contributed by atoms with Gasteiger partial charge in [-0.1, -0.05) is 18.2 Å². The van der Waals surface area contributed by atoms with Gasteiger partial charge in [-0.2, -0.15) is 5.10 Å². The number of primary amides is 1. The summed E-state index contributed by atoms with van der Waals surface area (Å²) in [7, 11) is 0. The van der Waals surface area contributed by atoms with E-state index in [2.05, 4.69) is 10.4 Å². The van der Waals surface area contributed by atoms with E-state index < -0.39 is 34.8 Å². The van der Waals surface area contributed by atoms with Crippen LogP contribution in [0.5, 0.6) is 0 Å². The van der Waals surface area contributed by atoms with Crippen molar-refractivity contribution in [2.24, 2.45) is 5.73 Å². The number of carbonyl (C=O) groups excluding carboxylic acids is 3. The van der Waals surface area contributed by atoms with Crippen molar-refractivity contribution in [2.45, 2.75) is 11.8 Å². The predicted octanol–water partition coefficient (Wildman–Crippen LogP) is 1.61. The molecule has 3 N–H and O–H groups in total. The van der Waals surface area contributed by atoms with Crippen LogP contribution in [0, 0.1) is 11.6 Å². The Morgan fingerprint density at radius 1 is 1.13 bits per heavy atom. The second-order valence-corrected chi connectivity index (χ2v) is 7.42. The van der Waals surface area contributed by atoms with Crippen molar-refractivity contribution in [3.8, 4) is 5.69 Å². The molecule has 0 saturated heterocycles. The van der Waals surface area contributed by atoms with Gasteiger partial charge in [0.15, 0.2) is 5.82 Å². The quantitative estimate of drug-likeness (QED) is 0.667. The zero-order chi connectivity index (χ0) is 21.9. The molecule has 1 aromatic heterocycles. The summed E-state index contributed by atoms with van der Waals surface area (Å²) >= 11 is 0. The number of carbonyl (C=O) groups is 3. The number of hydrogen-bond acceptors (Lipinski definition) is 4. The Balaban J connectivity index is 1.75. The van der Waals surface area contributed by atoms with E-state index in [4.69, 9.17) is 5.73 Å². The van der Waals surface area contributed by atoms with Crippen molar-refractivity contribution >= 4 is 29.2 Å². The number of benzene rings is 2. The topological polar surface area (TPSA) is 110 Å². The minimum atomic E-state index is -1.45. The summed E-state index contributed by atoms with van der Waals surface area (Å²) in [5.41, 5.74) is 5.14. The van der Waals surface area contributed by atoms with Crippen LogP contribution in [0.25, 0.3) is 5.69 Å². The average molecular weight is 423 g/mol. The Kier molecular flexibility index (Phi) is 3.94.